The van der Waals surface area contributed by atoms with Gasteiger partial charge in [-0.1, -0.05) is 66.8 Å². The lowest BCUT2D eigenvalue weighted by Crippen LogP contribution is -2.12. The monoisotopic (exact) mass is 348 g/mol. The van der Waals surface area contributed by atoms with E-state index in [0.717, 1.165) is 11.0 Å². The summed E-state index contributed by atoms with van der Waals surface area (Å²) in [6, 6.07) is 10.3. The maximum Gasteiger partial charge on any atom is 0.0915 e. The zero-order chi connectivity index (χ0) is 12.5. The van der Waals surface area contributed by atoms with Crippen LogP contribution in [0.15, 0.2) is 30.3 Å². The van der Waals surface area contributed by atoms with E-state index in [9.17, 15) is 0 Å². The number of rotatable bonds is 8. The second kappa shape index (κ2) is 8.89. The summed E-state index contributed by atoms with van der Waals surface area (Å²) in [6.45, 7) is 6.45. The molecule has 2 nitrogen and oxygen atoms in total. The van der Waals surface area contributed by atoms with Crippen molar-refractivity contribution in [1.29, 1.82) is 0 Å². The van der Waals surface area contributed by atoms with Gasteiger partial charge in [0.25, 0.3) is 0 Å². The van der Waals surface area contributed by atoms with Gasteiger partial charge < -0.3 is 9.47 Å². The van der Waals surface area contributed by atoms with Crippen LogP contribution < -0.4 is 0 Å². The summed E-state index contributed by atoms with van der Waals surface area (Å²) in [5, 5.41) is 0. The minimum atomic E-state index is 0.180. The standard InChI is InChI=1S/C14H21IO2/c1-12(2)11-16-8-9-17-14(10-15)13-6-4-3-5-7-13/h3-7,12,14H,8-11H2,1-2H3. The van der Waals surface area contributed by atoms with Crippen LogP contribution in [0.25, 0.3) is 0 Å². The predicted molar refractivity (Wildman–Crippen MR) is 79.7 cm³/mol. The van der Waals surface area contributed by atoms with Gasteiger partial charge in [0.15, 0.2) is 0 Å². The molecule has 0 aliphatic heterocycles. The number of hydrogen-bond acceptors (Lipinski definition) is 2. The van der Waals surface area contributed by atoms with Crippen molar-refractivity contribution < 1.29 is 9.47 Å². The minimum Gasteiger partial charge on any atom is -0.379 e. The van der Waals surface area contributed by atoms with Crippen LogP contribution in [0.5, 0.6) is 0 Å². The molecule has 17 heavy (non-hydrogen) atoms. The SMILES string of the molecule is CC(C)COCCOC(CI)c1ccccc1. The molecule has 1 unspecified atom stereocenters. The van der Waals surface area contributed by atoms with Crippen molar-refractivity contribution in [2.45, 2.75) is 20.0 Å². The van der Waals surface area contributed by atoms with Crippen molar-refractivity contribution in [3.63, 3.8) is 0 Å². The van der Waals surface area contributed by atoms with Gasteiger partial charge in [0.05, 0.1) is 19.3 Å². The average Bonchev–Trinajstić information content (AvgIpc) is 2.34. The maximum atomic E-state index is 5.83. The Morgan fingerprint density at radius 3 is 2.41 bits per heavy atom. The molecule has 0 saturated heterocycles. The molecule has 1 rings (SSSR count). The molecule has 0 radical (unpaired) electrons. The lowest BCUT2D eigenvalue weighted by molar-refractivity contribution is 0.00820. The molecule has 0 aromatic heterocycles. The van der Waals surface area contributed by atoms with Crippen molar-refractivity contribution in [2.24, 2.45) is 5.92 Å². The van der Waals surface area contributed by atoms with Crippen LogP contribution in [-0.2, 0) is 9.47 Å². The highest BCUT2D eigenvalue weighted by molar-refractivity contribution is 14.1. The highest BCUT2D eigenvalue weighted by Gasteiger charge is 2.09. The van der Waals surface area contributed by atoms with Gasteiger partial charge in [-0.05, 0) is 11.5 Å². The average molecular weight is 348 g/mol. The van der Waals surface area contributed by atoms with Crippen molar-refractivity contribution in [2.75, 3.05) is 24.2 Å². The van der Waals surface area contributed by atoms with E-state index >= 15 is 0 Å². The fraction of sp³-hybridized carbons (Fsp3) is 0.571. The van der Waals surface area contributed by atoms with E-state index in [1.165, 1.54) is 5.56 Å². The lowest BCUT2D eigenvalue weighted by Gasteiger charge is -2.16. The number of benzene rings is 1. The van der Waals surface area contributed by atoms with E-state index in [0.29, 0.717) is 19.1 Å². The van der Waals surface area contributed by atoms with Crippen molar-refractivity contribution in [1.82, 2.24) is 0 Å². The van der Waals surface area contributed by atoms with Crippen molar-refractivity contribution >= 4 is 22.6 Å². The zero-order valence-corrected chi connectivity index (χ0v) is 12.7. The summed E-state index contributed by atoms with van der Waals surface area (Å²) in [6.07, 6.45) is 0.180. The van der Waals surface area contributed by atoms with Gasteiger partial charge in [-0.25, -0.2) is 0 Å². The molecule has 96 valence electrons. The third-order valence-corrected chi connectivity index (χ3v) is 3.11. The molecule has 0 aliphatic carbocycles. The number of alkyl halides is 1. The summed E-state index contributed by atoms with van der Waals surface area (Å²) >= 11 is 2.36. The van der Waals surface area contributed by atoms with Crippen LogP contribution in [-0.4, -0.2) is 24.2 Å². The summed E-state index contributed by atoms with van der Waals surface area (Å²) in [4.78, 5) is 0. The molecular weight excluding hydrogens is 327 g/mol. The molecule has 1 aromatic rings. The van der Waals surface area contributed by atoms with Crippen LogP contribution >= 0.6 is 22.6 Å². The van der Waals surface area contributed by atoms with Gasteiger partial charge in [0.1, 0.15) is 0 Å². The normalized spacial score (nSPS) is 12.9. The van der Waals surface area contributed by atoms with Crippen LogP contribution in [0, 0.1) is 5.92 Å². The van der Waals surface area contributed by atoms with E-state index in [-0.39, 0.29) is 6.10 Å². The Kier molecular flexibility index (Phi) is 7.81. The Hall–Kier alpha value is -0.130. The Labute approximate surface area is 118 Å². The number of hydrogen-bond donors (Lipinski definition) is 0. The van der Waals surface area contributed by atoms with Gasteiger partial charge in [0.2, 0.25) is 0 Å². The third kappa shape index (κ3) is 6.38. The molecule has 0 aliphatic rings. The second-order valence-electron chi connectivity index (χ2n) is 4.39. The van der Waals surface area contributed by atoms with E-state index in [4.69, 9.17) is 9.47 Å². The first-order chi connectivity index (χ1) is 8.24. The maximum absolute atomic E-state index is 5.83. The van der Waals surface area contributed by atoms with Gasteiger partial charge >= 0.3 is 0 Å². The summed E-state index contributed by atoms with van der Waals surface area (Å²) < 4.78 is 12.3. The van der Waals surface area contributed by atoms with Crippen LogP contribution in [0.2, 0.25) is 0 Å². The van der Waals surface area contributed by atoms with Crippen molar-refractivity contribution in [3.05, 3.63) is 35.9 Å². The summed E-state index contributed by atoms with van der Waals surface area (Å²) in [7, 11) is 0. The van der Waals surface area contributed by atoms with E-state index in [1.54, 1.807) is 0 Å². The zero-order valence-electron chi connectivity index (χ0n) is 10.6. The smallest absolute Gasteiger partial charge is 0.0915 e. The Balaban J connectivity index is 2.24. The molecule has 1 aromatic carbocycles. The van der Waals surface area contributed by atoms with Crippen LogP contribution in [0.1, 0.15) is 25.5 Å². The number of halogens is 1. The first-order valence-corrected chi connectivity index (χ1v) is 7.57. The summed E-state index contributed by atoms with van der Waals surface area (Å²) in [5.41, 5.74) is 1.24. The van der Waals surface area contributed by atoms with Gasteiger partial charge in [-0.3, -0.25) is 0 Å². The Bertz CT molecular complexity index is 288. The quantitative estimate of drug-likeness (QED) is 0.404. The first kappa shape index (κ1) is 14.9. The Morgan fingerprint density at radius 1 is 1.12 bits per heavy atom. The Morgan fingerprint density at radius 2 is 1.82 bits per heavy atom. The third-order valence-electron chi connectivity index (χ3n) is 2.31. The molecule has 3 heteroatoms. The van der Waals surface area contributed by atoms with Crippen LogP contribution in [0.3, 0.4) is 0 Å². The van der Waals surface area contributed by atoms with Gasteiger partial charge in [-0.15, -0.1) is 0 Å². The topological polar surface area (TPSA) is 18.5 Å². The molecule has 0 bridgehead atoms. The lowest BCUT2D eigenvalue weighted by atomic mass is 10.1. The molecule has 0 amide bonds. The van der Waals surface area contributed by atoms with E-state index in [1.807, 2.05) is 18.2 Å². The second-order valence-corrected chi connectivity index (χ2v) is 5.27. The number of ether oxygens (including phenoxy) is 2. The van der Waals surface area contributed by atoms with Gasteiger partial charge in [0, 0.05) is 11.0 Å². The minimum absolute atomic E-state index is 0.180. The highest BCUT2D eigenvalue weighted by atomic mass is 127. The fourth-order valence-corrected chi connectivity index (χ4v) is 2.23. The van der Waals surface area contributed by atoms with E-state index in [2.05, 4.69) is 48.6 Å². The largest absolute Gasteiger partial charge is 0.379 e. The van der Waals surface area contributed by atoms with Crippen molar-refractivity contribution in [3.8, 4) is 0 Å². The van der Waals surface area contributed by atoms with E-state index < -0.39 is 0 Å². The molecule has 0 saturated carbocycles. The van der Waals surface area contributed by atoms with Crippen LogP contribution in [0.4, 0.5) is 0 Å². The molecule has 0 heterocycles. The molecule has 1 atom stereocenters. The molecule has 0 N–H and O–H groups in total. The molecule has 0 spiro atoms. The van der Waals surface area contributed by atoms with Gasteiger partial charge in [-0.2, -0.15) is 0 Å². The highest BCUT2D eigenvalue weighted by Crippen LogP contribution is 2.19. The first-order valence-electron chi connectivity index (χ1n) is 6.04. The predicted octanol–water partition coefficient (Wildman–Crippen LogP) is 3.85. The summed E-state index contributed by atoms with van der Waals surface area (Å²) in [5.74, 6) is 0.587. The molecule has 0 fully saturated rings. The molecular formula is C14H21IO2. The fourth-order valence-electron chi connectivity index (χ4n) is 1.47.